The number of hydrogen-bond acceptors (Lipinski definition) is 12. The monoisotopic (exact) mass is 908 g/mol. The number of tetrazole rings is 1. The van der Waals surface area contributed by atoms with Crippen molar-refractivity contribution in [3.63, 3.8) is 0 Å². The van der Waals surface area contributed by atoms with Crippen LogP contribution in [0.1, 0.15) is 43.3 Å². The van der Waals surface area contributed by atoms with Crippen LogP contribution in [0.3, 0.4) is 0 Å². The third-order valence-corrected chi connectivity index (χ3v) is 12.7. The maximum atomic E-state index is 15.6. The number of carbonyl (C=O) groups excluding carboxylic acids is 1. The van der Waals surface area contributed by atoms with E-state index >= 15 is 8.42 Å². The Hall–Kier alpha value is -6.67. The predicted octanol–water partition coefficient (Wildman–Crippen LogP) is 7.00. The highest BCUT2D eigenvalue weighted by molar-refractivity contribution is 7.90. The third-order valence-electron chi connectivity index (χ3n) is 9.98. The highest BCUT2D eigenvalue weighted by atomic mass is 32.2. The Morgan fingerprint density at radius 2 is 1.39 bits per heavy atom. The molecule has 0 saturated carbocycles. The minimum Gasteiger partial charge on any atom is -0.497 e. The number of nitrogens with one attached hydrogen (secondary N) is 2. The Balaban J connectivity index is 1.40. The van der Waals surface area contributed by atoms with Crippen molar-refractivity contribution in [2.75, 3.05) is 27.9 Å². The minimum absolute atomic E-state index is 0.0565. The smallest absolute Gasteiger partial charge is 0.407 e. The largest absolute Gasteiger partial charge is 0.497 e. The molecule has 1 amide bonds. The van der Waals surface area contributed by atoms with E-state index in [0.29, 0.717) is 62.8 Å². The Labute approximate surface area is 373 Å². The van der Waals surface area contributed by atoms with Crippen LogP contribution in [0.2, 0.25) is 0 Å². The van der Waals surface area contributed by atoms with E-state index in [2.05, 4.69) is 20.6 Å². The Bertz CT molecular complexity index is 2830. The molecule has 3 N–H and O–H groups in total. The van der Waals surface area contributed by atoms with E-state index in [-0.39, 0.29) is 42.5 Å². The Kier molecular flexibility index (Phi) is 13.7. The first-order valence-corrected chi connectivity index (χ1v) is 22.6. The molecule has 0 fully saturated rings. The van der Waals surface area contributed by atoms with Gasteiger partial charge in [-0.3, -0.25) is 0 Å². The molecule has 17 nitrogen and oxygen atoms in total. The van der Waals surface area contributed by atoms with E-state index < -0.39 is 37.7 Å². The average molecular weight is 909 g/mol. The highest BCUT2D eigenvalue weighted by Crippen LogP contribution is 2.42. The fraction of sp³-hybridized carbons (Fsp3) is 0.267. The Morgan fingerprint density at radius 3 is 1.94 bits per heavy atom. The number of nitrogens with zero attached hydrogens (tertiary/aromatic N) is 6. The topological polar surface area (TPSA) is 213 Å². The lowest BCUT2D eigenvalue weighted by molar-refractivity contribution is 0.0528. The third kappa shape index (κ3) is 10.6. The lowest BCUT2D eigenvalue weighted by Gasteiger charge is -2.25. The van der Waals surface area contributed by atoms with Crippen molar-refractivity contribution in [3.05, 3.63) is 126 Å². The number of imidazole rings is 1. The molecular weight excluding hydrogens is 861 g/mol. The number of H-pyrrole nitrogens is 1. The standard InChI is InChI=1S/C45H48N8O9S2/c1-45(2,3)62-44(54)46-25-24-39-47-37-9-7-8-36(41(37)48-39)35-22-23-38(63(55)56)42(40(35)43-49-51-53(50-43)28-31-14-20-34(61-6)21-15-31)64(57,58)52(26-29-10-16-32(59-4)17-11-29)27-30-12-18-33(60-5)19-13-30/h7-23H,24-28H2,1-6H3,(H,46,54)(H,47,48)(H,55,56). The molecule has 0 aliphatic carbocycles. The van der Waals surface area contributed by atoms with Gasteiger partial charge in [0.2, 0.25) is 15.8 Å². The minimum atomic E-state index is -4.75. The molecule has 19 heteroatoms. The number of rotatable bonds is 17. The summed E-state index contributed by atoms with van der Waals surface area (Å²) in [6, 6.07) is 29.4. The van der Waals surface area contributed by atoms with E-state index in [1.807, 2.05) is 18.2 Å². The summed E-state index contributed by atoms with van der Waals surface area (Å²) < 4.78 is 78.2. The molecular formula is C45H48N8O9S2. The van der Waals surface area contributed by atoms with Crippen LogP contribution in [0.5, 0.6) is 17.2 Å². The number of fused-ring (bicyclic) bond motifs is 1. The number of aromatic nitrogens is 6. The van der Waals surface area contributed by atoms with Gasteiger partial charge in [0, 0.05) is 31.6 Å². The molecule has 7 aromatic rings. The van der Waals surface area contributed by atoms with Gasteiger partial charge in [0.15, 0.2) is 11.1 Å². The number of carbonyl (C=O) groups is 1. The fourth-order valence-electron chi connectivity index (χ4n) is 6.95. The summed E-state index contributed by atoms with van der Waals surface area (Å²) in [5.41, 5.74) is 3.21. The number of ether oxygens (including phenoxy) is 4. The van der Waals surface area contributed by atoms with Gasteiger partial charge in [-0.25, -0.2) is 22.4 Å². The zero-order chi connectivity index (χ0) is 45.6. The zero-order valence-electron chi connectivity index (χ0n) is 36.1. The van der Waals surface area contributed by atoms with Gasteiger partial charge < -0.3 is 33.8 Å². The summed E-state index contributed by atoms with van der Waals surface area (Å²) in [6.07, 6.45) is -0.250. The van der Waals surface area contributed by atoms with Crippen LogP contribution in [0.4, 0.5) is 4.79 Å². The van der Waals surface area contributed by atoms with Gasteiger partial charge in [0.1, 0.15) is 33.6 Å². The molecule has 2 heterocycles. The van der Waals surface area contributed by atoms with Gasteiger partial charge in [-0.05, 0) is 96.8 Å². The average Bonchev–Trinajstić information content (AvgIpc) is 3.92. The maximum Gasteiger partial charge on any atom is 0.407 e. The van der Waals surface area contributed by atoms with Crippen molar-refractivity contribution >= 4 is 38.2 Å². The number of hydrogen-bond donors (Lipinski definition) is 3. The molecule has 0 spiro atoms. The lowest BCUT2D eigenvalue weighted by Crippen LogP contribution is -2.33. The number of sulfonamides is 1. The number of methoxy groups -OCH3 is 3. The Morgan fingerprint density at radius 1 is 0.812 bits per heavy atom. The molecule has 334 valence electrons. The molecule has 1 atom stereocenters. The van der Waals surface area contributed by atoms with Crippen molar-refractivity contribution < 1.29 is 40.9 Å². The number of benzene rings is 5. The first kappa shape index (κ1) is 45.4. The van der Waals surface area contributed by atoms with E-state index in [4.69, 9.17) is 29.0 Å². The summed E-state index contributed by atoms with van der Waals surface area (Å²) in [6.45, 7) is 5.45. The number of amides is 1. The van der Waals surface area contributed by atoms with Crippen molar-refractivity contribution in [1.82, 2.24) is 39.8 Å². The molecule has 7 rings (SSSR count). The number of para-hydroxylation sites is 1. The molecule has 0 bridgehead atoms. The molecule has 0 aliphatic rings. The van der Waals surface area contributed by atoms with E-state index in [1.165, 1.54) is 29.4 Å². The van der Waals surface area contributed by atoms with Crippen molar-refractivity contribution in [2.45, 2.75) is 62.2 Å². The van der Waals surface area contributed by atoms with Gasteiger partial charge in [-0.2, -0.15) is 9.10 Å². The van der Waals surface area contributed by atoms with E-state index in [0.717, 1.165) is 5.56 Å². The molecule has 64 heavy (non-hydrogen) atoms. The fourth-order valence-corrected chi connectivity index (χ4v) is 9.60. The summed E-state index contributed by atoms with van der Waals surface area (Å²) >= 11 is -2.82. The van der Waals surface area contributed by atoms with Crippen LogP contribution < -0.4 is 19.5 Å². The zero-order valence-corrected chi connectivity index (χ0v) is 37.7. The van der Waals surface area contributed by atoms with E-state index in [1.54, 1.807) is 107 Å². The summed E-state index contributed by atoms with van der Waals surface area (Å²) in [5, 5.41) is 16.2. The van der Waals surface area contributed by atoms with Crippen LogP contribution in [0.15, 0.2) is 113 Å². The number of alkyl carbamates (subject to hydrolysis) is 1. The van der Waals surface area contributed by atoms with Gasteiger partial charge in [-0.15, -0.1) is 10.2 Å². The van der Waals surface area contributed by atoms with Crippen LogP contribution in [-0.4, -0.2) is 91.2 Å². The van der Waals surface area contributed by atoms with Gasteiger partial charge in [0.05, 0.1) is 49.4 Å². The SMILES string of the molecule is COc1ccc(CN(Cc2ccc(OC)cc2)S(=O)(=O)c2c(S(=O)O)ccc(-c3cccc4[nH]c(CCNC(=O)OC(C)(C)C)nc34)c2-c2nnn(Cc3ccc(OC)cc3)n2)cc1. The quantitative estimate of drug-likeness (QED) is 0.0787. The first-order valence-electron chi connectivity index (χ1n) is 20.1. The highest BCUT2D eigenvalue weighted by Gasteiger charge is 2.36. The normalized spacial score (nSPS) is 12.3. The molecule has 2 aromatic heterocycles. The van der Waals surface area contributed by atoms with Crippen LogP contribution in [0, 0.1) is 0 Å². The van der Waals surface area contributed by atoms with Crippen LogP contribution in [0.25, 0.3) is 33.5 Å². The van der Waals surface area contributed by atoms with Crippen LogP contribution >= 0.6 is 0 Å². The van der Waals surface area contributed by atoms with Crippen LogP contribution in [-0.2, 0) is 51.9 Å². The second-order valence-corrected chi connectivity index (χ2v) is 18.4. The molecule has 0 aliphatic heterocycles. The molecule has 5 aromatic carbocycles. The molecule has 0 radical (unpaired) electrons. The maximum absolute atomic E-state index is 15.6. The van der Waals surface area contributed by atoms with Crippen molar-refractivity contribution in [1.29, 1.82) is 0 Å². The van der Waals surface area contributed by atoms with Gasteiger partial charge in [-0.1, -0.05) is 54.6 Å². The second kappa shape index (κ2) is 19.4. The number of aromatic amines is 1. The lowest BCUT2D eigenvalue weighted by atomic mass is 9.98. The molecule has 1 unspecified atom stereocenters. The van der Waals surface area contributed by atoms with Crippen molar-refractivity contribution in [2.24, 2.45) is 0 Å². The first-order chi connectivity index (χ1) is 30.6. The predicted molar refractivity (Wildman–Crippen MR) is 240 cm³/mol. The summed E-state index contributed by atoms with van der Waals surface area (Å²) in [4.78, 5) is 21.0. The summed E-state index contributed by atoms with van der Waals surface area (Å²) in [7, 11) is -0.101. The van der Waals surface area contributed by atoms with Gasteiger partial charge >= 0.3 is 6.09 Å². The second-order valence-electron chi connectivity index (χ2n) is 15.6. The molecule has 0 saturated heterocycles. The summed E-state index contributed by atoms with van der Waals surface area (Å²) in [5.74, 6) is 2.25. The van der Waals surface area contributed by atoms with Gasteiger partial charge in [0.25, 0.3) is 0 Å². The van der Waals surface area contributed by atoms with Crippen molar-refractivity contribution in [3.8, 4) is 39.8 Å². The van der Waals surface area contributed by atoms with E-state index in [9.17, 15) is 13.6 Å².